The zero-order valence-corrected chi connectivity index (χ0v) is 13.6. The van der Waals surface area contributed by atoms with Gasteiger partial charge in [0.2, 0.25) is 0 Å². The second-order valence-corrected chi connectivity index (χ2v) is 6.55. The number of rotatable bonds is 5. The van der Waals surface area contributed by atoms with Crippen molar-refractivity contribution in [2.24, 2.45) is 0 Å². The van der Waals surface area contributed by atoms with E-state index in [1.165, 1.54) is 31.4 Å². The number of nitrogens with zero attached hydrogens (tertiary/aromatic N) is 1. The Hall–Kier alpha value is -2.04. The van der Waals surface area contributed by atoms with Gasteiger partial charge in [-0.1, -0.05) is 11.6 Å². The van der Waals surface area contributed by atoms with E-state index in [2.05, 4.69) is 10.4 Å². The number of hydrogen-bond acceptors (Lipinski definition) is 5. The standard InChI is InChI=1S/C13H11ClF3N3O3S/c1-23-9-2-4-10(5-3-9)24(21,22)20-19-12-11(14)6-8(7-18-12)13(15,16)17/h2-7,20H,1H3,(H,18,19). The summed E-state index contributed by atoms with van der Waals surface area (Å²) in [5.41, 5.74) is 1.13. The van der Waals surface area contributed by atoms with Crippen molar-refractivity contribution >= 4 is 27.4 Å². The Balaban J connectivity index is 2.14. The van der Waals surface area contributed by atoms with E-state index in [-0.39, 0.29) is 15.7 Å². The first-order chi connectivity index (χ1) is 11.1. The molecule has 0 atom stereocenters. The maximum Gasteiger partial charge on any atom is 0.417 e. The number of halogens is 4. The normalized spacial score (nSPS) is 12.0. The lowest BCUT2D eigenvalue weighted by atomic mass is 10.3. The van der Waals surface area contributed by atoms with Crippen molar-refractivity contribution < 1.29 is 26.3 Å². The molecule has 0 saturated heterocycles. The topological polar surface area (TPSA) is 80.3 Å². The highest BCUT2D eigenvalue weighted by Crippen LogP contribution is 2.32. The molecule has 0 aliphatic carbocycles. The molecule has 0 spiro atoms. The largest absolute Gasteiger partial charge is 0.497 e. The van der Waals surface area contributed by atoms with E-state index >= 15 is 0 Å². The third kappa shape index (κ3) is 4.28. The van der Waals surface area contributed by atoms with Crippen LogP contribution >= 0.6 is 11.6 Å². The van der Waals surface area contributed by atoms with Crippen LogP contribution in [0.3, 0.4) is 0 Å². The van der Waals surface area contributed by atoms with Crippen LogP contribution in [-0.4, -0.2) is 20.5 Å². The fourth-order valence-corrected chi connectivity index (χ4v) is 2.67. The number of hydrazine groups is 1. The highest BCUT2D eigenvalue weighted by atomic mass is 35.5. The summed E-state index contributed by atoms with van der Waals surface area (Å²) in [5, 5.41) is -0.387. The highest BCUT2D eigenvalue weighted by Gasteiger charge is 2.31. The molecule has 0 saturated carbocycles. The summed E-state index contributed by atoms with van der Waals surface area (Å²) in [6.07, 6.45) is -4.06. The molecule has 24 heavy (non-hydrogen) atoms. The Morgan fingerprint density at radius 3 is 2.33 bits per heavy atom. The van der Waals surface area contributed by atoms with Crippen molar-refractivity contribution in [3.63, 3.8) is 0 Å². The minimum atomic E-state index is -4.60. The van der Waals surface area contributed by atoms with Gasteiger partial charge in [-0.05, 0) is 30.3 Å². The van der Waals surface area contributed by atoms with Gasteiger partial charge < -0.3 is 4.74 Å². The van der Waals surface area contributed by atoms with Crippen LogP contribution in [0.15, 0.2) is 41.4 Å². The van der Waals surface area contributed by atoms with Crippen molar-refractivity contribution in [2.75, 3.05) is 12.5 Å². The third-order valence-corrected chi connectivity index (χ3v) is 4.39. The zero-order chi connectivity index (χ0) is 18.0. The van der Waals surface area contributed by atoms with Crippen LogP contribution in [0.4, 0.5) is 19.0 Å². The number of alkyl halides is 3. The van der Waals surface area contributed by atoms with E-state index in [9.17, 15) is 21.6 Å². The van der Waals surface area contributed by atoms with Gasteiger partial charge in [0.15, 0.2) is 5.82 Å². The molecule has 0 fully saturated rings. The zero-order valence-electron chi connectivity index (χ0n) is 12.1. The number of hydrogen-bond donors (Lipinski definition) is 2. The van der Waals surface area contributed by atoms with Gasteiger partial charge in [-0.2, -0.15) is 13.2 Å². The second kappa shape index (κ2) is 6.83. The van der Waals surface area contributed by atoms with E-state index in [4.69, 9.17) is 16.3 Å². The number of pyridine rings is 1. The lowest BCUT2D eigenvalue weighted by molar-refractivity contribution is -0.137. The average molecular weight is 382 g/mol. The Morgan fingerprint density at radius 1 is 1.21 bits per heavy atom. The highest BCUT2D eigenvalue weighted by molar-refractivity contribution is 7.89. The van der Waals surface area contributed by atoms with Gasteiger partial charge in [-0.3, -0.25) is 5.43 Å². The molecule has 2 N–H and O–H groups in total. The van der Waals surface area contributed by atoms with Gasteiger partial charge in [-0.25, -0.2) is 13.4 Å². The molecular weight excluding hydrogens is 371 g/mol. The monoisotopic (exact) mass is 381 g/mol. The van der Waals surface area contributed by atoms with Crippen LogP contribution in [0.1, 0.15) is 5.56 Å². The van der Waals surface area contributed by atoms with Gasteiger partial charge in [0.1, 0.15) is 5.75 Å². The lowest BCUT2D eigenvalue weighted by Gasteiger charge is -2.12. The molecule has 11 heteroatoms. The number of sulfonamides is 1. The summed E-state index contributed by atoms with van der Waals surface area (Å²) in [6.45, 7) is 0. The summed E-state index contributed by atoms with van der Waals surface area (Å²) in [6, 6.07) is 6.11. The van der Waals surface area contributed by atoms with E-state index in [1.807, 2.05) is 4.83 Å². The summed E-state index contributed by atoms with van der Waals surface area (Å²) in [4.78, 5) is 5.36. The predicted octanol–water partition coefficient (Wildman–Crippen LogP) is 3.07. The molecule has 1 aromatic heterocycles. The van der Waals surface area contributed by atoms with E-state index in [1.54, 1.807) is 0 Å². The smallest absolute Gasteiger partial charge is 0.417 e. The number of ether oxygens (including phenoxy) is 1. The molecule has 130 valence electrons. The van der Waals surface area contributed by atoms with E-state index < -0.39 is 21.8 Å². The minimum absolute atomic E-state index is 0.0844. The van der Waals surface area contributed by atoms with E-state index in [0.717, 1.165) is 0 Å². The van der Waals surface area contributed by atoms with Crippen LogP contribution in [0.5, 0.6) is 5.75 Å². The quantitative estimate of drug-likeness (QED) is 0.778. The SMILES string of the molecule is COc1ccc(S(=O)(=O)NNc2ncc(C(F)(F)F)cc2Cl)cc1. The molecular formula is C13H11ClF3N3O3S. The lowest BCUT2D eigenvalue weighted by Crippen LogP contribution is -2.30. The Labute approximate surface area is 140 Å². The second-order valence-electron chi connectivity index (χ2n) is 4.46. The molecule has 6 nitrogen and oxygen atoms in total. The number of benzene rings is 1. The van der Waals surface area contributed by atoms with Crippen molar-refractivity contribution in [1.82, 2.24) is 9.82 Å². The number of anilines is 1. The molecule has 0 aliphatic rings. The van der Waals surface area contributed by atoms with Crippen molar-refractivity contribution in [1.29, 1.82) is 0 Å². The molecule has 0 radical (unpaired) electrons. The molecule has 0 aliphatic heterocycles. The number of methoxy groups -OCH3 is 1. The van der Waals surface area contributed by atoms with Gasteiger partial charge in [-0.15, -0.1) is 4.83 Å². The van der Waals surface area contributed by atoms with Crippen molar-refractivity contribution in [3.8, 4) is 5.75 Å². The Morgan fingerprint density at radius 2 is 1.83 bits per heavy atom. The Bertz CT molecular complexity index is 827. The molecule has 1 aromatic carbocycles. The summed E-state index contributed by atoms with van der Waals surface area (Å²) in [5.74, 6) is 0.205. The van der Waals surface area contributed by atoms with Crippen LogP contribution in [0.2, 0.25) is 5.02 Å². The number of nitrogens with one attached hydrogen (secondary N) is 2. The first-order valence-corrected chi connectivity index (χ1v) is 8.14. The van der Waals surface area contributed by atoms with Gasteiger partial charge in [0.05, 0.1) is 22.6 Å². The molecule has 2 aromatic rings. The molecule has 0 bridgehead atoms. The van der Waals surface area contributed by atoms with Crippen LogP contribution in [0.25, 0.3) is 0 Å². The fraction of sp³-hybridized carbons (Fsp3) is 0.154. The molecule has 0 amide bonds. The molecule has 0 unspecified atom stereocenters. The van der Waals surface area contributed by atoms with Crippen molar-refractivity contribution in [3.05, 3.63) is 47.1 Å². The maximum atomic E-state index is 12.5. The first-order valence-electron chi connectivity index (χ1n) is 6.28. The molecule has 2 rings (SSSR count). The van der Waals surface area contributed by atoms with Crippen LogP contribution < -0.4 is 15.0 Å². The fourth-order valence-electron chi connectivity index (χ4n) is 1.61. The summed E-state index contributed by atoms with van der Waals surface area (Å²) < 4.78 is 66.6. The van der Waals surface area contributed by atoms with Crippen LogP contribution in [-0.2, 0) is 16.2 Å². The minimum Gasteiger partial charge on any atom is -0.497 e. The molecule has 1 heterocycles. The van der Waals surface area contributed by atoms with E-state index in [0.29, 0.717) is 18.0 Å². The predicted molar refractivity (Wildman–Crippen MR) is 81.2 cm³/mol. The average Bonchev–Trinajstić information content (AvgIpc) is 2.53. The van der Waals surface area contributed by atoms with Gasteiger partial charge >= 0.3 is 6.18 Å². The third-order valence-electron chi connectivity index (χ3n) is 2.84. The summed E-state index contributed by atoms with van der Waals surface area (Å²) >= 11 is 5.67. The number of aromatic nitrogens is 1. The Kier molecular flexibility index (Phi) is 5.21. The van der Waals surface area contributed by atoms with Crippen molar-refractivity contribution in [2.45, 2.75) is 11.1 Å². The van der Waals surface area contributed by atoms with Gasteiger partial charge in [0, 0.05) is 6.20 Å². The first kappa shape index (κ1) is 18.3. The van der Waals surface area contributed by atoms with Gasteiger partial charge in [0.25, 0.3) is 10.0 Å². The summed E-state index contributed by atoms with van der Waals surface area (Å²) in [7, 11) is -2.54. The van der Waals surface area contributed by atoms with Crippen LogP contribution in [0, 0.1) is 0 Å². The maximum absolute atomic E-state index is 12.5.